The van der Waals surface area contributed by atoms with Crippen LogP contribution in [-0.4, -0.2) is 57.6 Å². The molecular formula is C28H34F4N6O. The second kappa shape index (κ2) is 12.2. The van der Waals surface area contributed by atoms with Crippen molar-refractivity contribution in [3.05, 3.63) is 77.6 Å². The van der Waals surface area contributed by atoms with Crippen LogP contribution in [0.3, 0.4) is 0 Å². The van der Waals surface area contributed by atoms with Crippen LogP contribution in [0, 0.1) is 5.82 Å². The van der Waals surface area contributed by atoms with E-state index in [1.807, 2.05) is 20.9 Å². The van der Waals surface area contributed by atoms with Gasteiger partial charge in [0, 0.05) is 56.3 Å². The maximum Gasteiger partial charge on any atom is 0.416 e. The second-order valence-electron chi connectivity index (χ2n) is 9.71. The van der Waals surface area contributed by atoms with Gasteiger partial charge in [-0.05, 0) is 55.3 Å². The molecule has 0 saturated carbocycles. The van der Waals surface area contributed by atoms with Gasteiger partial charge in [-0.2, -0.15) is 13.2 Å². The molecule has 0 radical (unpaired) electrons. The van der Waals surface area contributed by atoms with E-state index in [4.69, 9.17) is 0 Å². The molecule has 210 valence electrons. The van der Waals surface area contributed by atoms with Gasteiger partial charge in [0.15, 0.2) is 0 Å². The molecule has 2 amide bonds. The molecule has 39 heavy (non-hydrogen) atoms. The number of halogens is 4. The molecule has 2 aliphatic heterocycles. The van der Waals surface area contributed by atoms with Crippen LogP contribution >= 0.6 is 0 Å². The molecule has 2 fully saturated rings. The van der Waals surface area contributed by atoms with Crippen LogP contribution in [0.1, 0.15) is 43.4 Å². The van der Waals surface area contributed by atoms with E-state index in [0.717, 1.165) is 32.0 Å². The van der Waals surface area contributed by atoms with E-state index in [2.05, 4.69) is 25.4 Å². The molecular weight excluding hydrogens is 512 g/mol. The molecule has 11 heteroatoms. The fourth-order valence-corrected chi connectivity index (χ4v) is 5.34. The number of carbonyl (C=O) groups is 1. The van der Waals surface area contributed by atoms with Crippen molar-refractivity contribution >= 4 is 11.7 Å². The van der Waals surface area contributed by atoms with Gasteiger partial charge >= 0.3 is 12.2 Å². The van der Waals surface area contributed by atoms with Crippen molar-refractivity contribution in [1.82, 2.24) is 24.7 Å². The van der Waals surface area contributed by atoms with E-state index in [-0.39, 0.29) is 36.4 Å². The molecule has 2 bridgehead atoms. The number of likely N-dealkylation sites (tertiary alicyclic amines) is 1. The van der Waals surface area contributed by atoms with Crippen LogP contribution in [0.2, 0.25) is 0 Å². The molecule has 2 aromatic carbocycles. The third-order valence-electron chi connectivity index (χ3n) is 7.09. The topological polar surface area (TPSA) is 65.4 Å². The lowest BCUT2D eigenvalue weighted by Crippen LogP contribution is -2.51. The quantitative estimate of drug-likeness (QED) is 0.392. The molecule has 0 aliphatic carbocycles. The number of carbonyl (C=O) groups excluding carboxylic acids is 1. The van der Waals surface area contributed by atoms with Crippen LogP contribution in [0.5, 0.6) is 0 Å². The number of likely N-dealkylation sites (N-methyl/N-ethyl adjacent to an activating group) is 1. The van der Waals surface area contributed by atoms with E-state index in [9.17, 15) is 22.4 Å². The van der Waals surface area contributed by atoms with Gasteiger partial charge in [-0.3, -0.25) is 4.90 Å². The number of amides is 2. The molecule has 2 aliphatic rings. The van der Waals surface area contributed by atoms with Crippen molar-refractivity contribution in [2.75, 3.05) is 25.5 Å². The van der Waals surface area contributed by atoms with Gasteiger partial charge < -0.3 is 20.1 Å². The molecule has 5 rings (SSSR count). The zero-order valence-electron chi connectivity index (χ0n) is 22.3. The van der Waals surface area contributed by atoms with E-state index in [0.29, 0.717) is 11.3 Å². The lowest BCUT2D eigenvalue weighted by atomic mass is 10.0. The molecule has 3 heterocycles. The van der Waals surface area contributed by atoms with Gasteiger partial charge in [0.1, 0.15) is 5.82 Å². The molecule has 2 atom stereocenters. The van der Waals surface area contributed by atoms with Crippen molar-refractivity contribution in [2.45, 2.75) is 58.0 Å². The van der Waals surface area contributed by atoms with E-state index in [1.54, 1.807) is 18.3 Å². The zero-order chi connectivity index (χ0) is 28.2. The average molecular weight is 547 g/mol. The average Bonchev–Trinajstić information content (AvgIpc) is 3.51. The highest BCUT2D eigenvalue weighted by Crippen LogP contribution is 2.37. The summed E-state index contributed by atoms with van der Waals surface area (Å²) < 4.78 is 57.8. The Morgan fingerprint density at radius 3 is 2.41 bits per heavy atom. The molecule has 1 aromatic heterocycles. The third kappa shape index (κ3) is 6.77. The normalized spacial score (nSPS) is 19.4. The summed E-state index contributed by atoms with van der Waals surface area (Å²) in [5.74, 6) is -0.489. The first-order valence-electron chi connectivity index (χ1n) is 13.1. The maximum absolute atomic E-state index is 14.4. The number of fused-ring (bicyclic) bond motifs is 2. The highest BCUT2D eigenvalue weighted by Gasteiger charge is 2.40. The summed E-state index contributed by atoms with van der Waals surface area (Å²) in [4.78, 5) is 20.7. The SMILES string of the molecule is CC.CN1CC2CCC(C1)N2Cc1ccc(NC(=O)NCc2ccc(-n3ccnc3)c(F)c2)cc1C(F)(F)F. The fourth-order valence-electron chi connectivity index (χ4n) is 5.34. The molecule has 2 saturated heterocycles. The molecule has 3 aromatic rings. The van der Waals surface area contributed by atoms with Crippen molar-refractivity contribution in [2.24, 2.45) is 0 Å². The number of hydrogen-bond acceptors (Lipinski definition) is 4. The summed E-state index contributed by atoms with van der Waals surface area (Å²) >= 11 is 0. The Labute approximate surface area is 225 Å². The lowest BCUT2D eigenvalue weighted by molar-refractivity contribution is -0.138. The first-order chi connectivity index (χ1) is 18.7. The predicted octanol–water partition coefficient (Wildman–Crippen LogP) is 5.66. The fraction of sp³-hybridized carbons (Fsp3) is 0.429. The number of nitrogens with zero attached hydrogens (tertiary/aromatic N) is 4. The molecule has 2 unspecified atom stereocenters. The van der Waals surface area contributed by atoms with Crippen molar-refractivity contribution in [3.63, 3.8) is 0 Å². The number of nitrogens with one attached hydrogen (secondary N) is 2. The van der Waals surface area contributed by atoms with Gasteiger partial charge in [0.25, 0.3) is 0 Å². The van der Waals surface area contributed by atoms with Gasteiger partial charge in [0.05, 0.1) is 17.6 Å². The van der Waals surface area contributed by atoms with Crippen LogP contribution in [0.15, 0.2) is 55.1 Å². The van der Waals surface area contributed by atoms with Crippen molar-refractivity contribution < 1.29 is 22.4 Å². The first-order valence-corrected chi connectivity index (χ1v) is 13.1. The summed E-state index contributed by atoms with van der Waals surface area (Å²) in [6.45, 7) is 5.94. The Hall–Kier alpha value is -3.44. The predicted molar refractivity (Wildman–Crippen MR) is 142 cm³/mol. The first kappa shape index (κ1) is 28.6. The molecule has 2 N–H and O–H groups in total. The summed E-state index contributed by atoms with van der Waals surface area (Å²) in [5, 5.41) is 5.02. The van der Waals surface area contributed by atoms with Crippen LogP contribution < -0.4 is 10.6 Å². The van der Waals surface area contributed by atoms with Gasteiger partial charge in [-0.25, -0.2) is 14.2 Å². The number of piperazine rings is 1. The Bertz CT molecular complexity index is 1250. The second-order valence-corrected chi connectivity index (χ2v) is 9.71. The van der Waals surface area contributed by atoms with Gasteiger partial charge in [0.2, 0.25) is 0 Å². The van der Waals surface area contributed by atoms with Crippen molar-refractivity contribution in [1.29, 1.82) is 0 Å². The summed E-state index contributed by atoms with van der Waals surface area (Å²) in [6.07, 6.45) is 2.05. The number of anilines is 1. The largest absolute Gasteiger partial charge is 0.416 e. The Morgan fingerprint density at radius 1 is 1.08 bits per heavy atom. The molecule has 0 spiro atoms. The van der Waals surface area contributed by atoms with Crippen LogP contribution in [0.4, 0.5) is 28.0 Å². The number of imidazole rings is 1. The highest BCUT2D eigenvalue weighted by atomic mass is 19.4. The monoisotopic (exact) mass is 546 g/mol. The Balaban J connectivity index is 0.00000172. The lowest BCUT2D eigenvalue weighted by Gasteiger charge is -2.39. The standard InChI is InChI=1S/C26H28F4N6O.C2H6/c1-34-14-20-5-6-21(15-34)36(20)13-18-3-4-19(11-22(18)26(28,29)30)33-25(37)32-12-17-2-7-24(23(27)10-17)35-9-8-31-16-35;1-2/h2-4,7-11,16,20-21H,5-6,12-15H2,1H3,(H2,32,33,37);1-2H3. The minimum Gasteiger partial charge on any atom is -0.334 e. The van der Waals surface area contributed by atoms with Gasteiger partial charge in [-0.15, -0.1) is 0 Å². The number of rotatable bonds is 6. The number of urea groups is 1. The number of alkyl halides is 3. The van der Waals surface area contributed by atoms with E-state index < -0.39 is 23.6 Å². The minimum absolute atomic E-state index is 0.00333. The van der Waals surface area contributed by atoms with Crippen LogP contribution in [-0.2, 0) is 19.3 Å². The zero-order valence-corrected chi connectivity index (χ0v) is 22.3. The smallest absolute Gasteiger partial charge is 0.334 e. The summed E-state index contributed by atoms with van der Waals surface area (Å²) in [6, 6.07) is 8.25. The number of aromatic nitrogens is 2. The Kier molecular flexibility index (Phi) is 8.91. The van der Waals surface area contributed by atoms with E-state index in [1.165, 1.54) is 35.3 Å². The third-order valence-corrected chi connectivity index (χ3v) is 7.09. The minimum atomic E-state index is -4.55. The molecule has 7 nitrogen and oxygen atoms in total. The van der Waals surface area contributed by atoms with Crippen LogP contribution in [0.25, 0.3) is 5.69 Å². The number of benzene rings is 2. The van der Waals surface area contributed by atoms with Gasteiger partial charge in [-0.1, -0.05) is 26.0 Å². The van der Waals surface area contributed by atoms with E-state index >= 15 is 0 Å². The summed E-state index contributed by atoms with van der Waals surface area (Å²) in [7, 11) is 2.04. The highest BCUT2D eigenvalue weighted by molar-refractivity contribution is 5.89. The number of hydrogen-bond donors (Lipinski definition) is 2. The maximum atomic E-state index is 14.4. The Morgan fingerprint density at radius 2 is 1.79 bits per heavy atom. The van der Waals surface area contributed by atoms with Crippen molar-refractivity contribution in [3.8, 4) is 5.69 Å². The summed E-state index contributed by atoms with van der Waals surface area (Å²) in [5.41, 5.74) is 0.311.